The van der Waals surface area contributed by atoms with Crippen molar-refractivity contribution in [1.82, 2.24) is 24.6 Å². The van der Waals surface area contributed by atoms with Crippen LogP contribution in [-0.2, 0) is 0 Å². The predicted octanol–water partition coefficient (Wildman–Crippen LogP) is 3.40. The zero-order valence-electron chi connectivity index (χ0n) is 15.7. The Hall–Kier alpha value is -1.96. The summed E-state index contributed by atoms with van der Waals surface area (Å²) in [6.07, 6.45) is 2.98. The maximum Gasteiger partial charge on any atom is 0.273 e. The number of carbonyl (C=O) groups excluding carboxylic acids is 1. The molecule has 1 fully saturated rings. The topological polar surface area (TPSA) is 62.5 Å². The van der Waals surface area contributed by atoms with Crippen LogP contribution in [-0.4, -0.2) is 50.3 Å². The molecule has 27 heavy (non-hydrogen) atoms. The van der Waals surface area contributed by atoms with Crippen molar-refractivity contribution in [3.05, 3.63) is 41.2 Å². The molecule has 1 atom stereocenters. The van der Waals surface area contributed by atoms with Gasteiger partial charge in [-0.25, -0.2) is 9.97 Å². The van der Waals surface area contributed by atoms with Crippen molar-refractivity contribution >= 4 is 35.3 Å². The van der Waals surface area contributed by atoms with E-state index in [1.54, 1.807) is 0 Å². The highest BCUT2D eigenvalue weighted by molar-refractivity contribution is 7.13. The SMILES string of the molecule is Cc1nc2ccccn2c1-c1nc(C(=O)N(C(C)C)[C@@H]2CCNC2)cs1.Cl. The second-order valence-electron chi connectivity index (χ2n) is 6.97. The van der Waals surface area contributed by atoms with E-state index < -0.39 is 0 Å². The number of thiazole rings is 1. The zero-order chi connectivity index (χ0) is 18.3. The number of rotatable bonds is 4. The van der Waals surface area contributed by atoms with Crippen LogP contribution in [0, 0.1) is 6.92 Å². The van der Waals surface area contributed by atoms with Crippen LogP contribution >= 0.6 is 23.7 Å². The number of imidazole rings is 1. The quantitative estimate of drug-likeness (QED) is 0.722. The molecule has 0 bridgehead atoms. The van der Waals surface area contributed by atoms with Gasteiger partial charge in [0.05, 0.1) is 5.69 Å². The van der Waals surface area contributed by atoms with E-state index in [4.69, 9.17) is 0 Å². The van der Waals surface area contributed by atoms with E-state index in [1.807, 2.05) is 46.0 Å². The number of aryl methyl sites for hydroxylation is 1. The van der Waals surface area contributed by atoms with Crippen LogP contribution < -0.4 is 5.32 Å². The molecule has 1 N–H and O–H groups in total. The Kier molecular flexibility index (Phi) is 5.83. The molecule has 6 nitrogen and oxygen atoms in total. The van der Waals surface area contributed by atoms with Gasteiger partial charge in [-0.1, -0.05) is 6.07 Å². The van der Waals surface area contributed by atoms with E-state index in [1.165, 1.54) is 11.3 Å². The van der Waals surface area contributed by atoms with Crippen LogP contribution in [0.1, 0.15) is 36.5 Å². The Labute approximate surface area is 169 Å². The van der Waals surface area contributed by atoms with Gasteiger partial charge in [0.2, 0.25) is 0 Å². The number of pyridine rings is 1. The van der Waals surface area contributed by atoms with Gasteiger partial charge in [-0.2, -0.15) is 0 Å². The number of fused-ring (bicyclic) bond motifs is 1. The molecule has 0 radical (unpaired) electrons. The minimum Gasteiger partial charge on any atom is -0.331 e. The fraction of sp³-hybridized carbons (Fsp3) is 0.421. The summed E-state index contributed by atoms with van der Waals surface area (Å²) in [5.41, 5.74) is 3.30. The first-order chi connectivity index (χ1) is 12.6. The van der Waals surface area contributed by atoms with Crippen LogP contribution in [0.3, 0.4) is 0 Å². The van der Waals surface area contributed by atoms with Gasteiger partial charge >= 0.3 is 0 Å². The summed E-state index contributed by atoms with van der Waals surface area (Å²) in [4.78, 5) is 24.4. The van der Waals surface area contributed by atoms with Crippen LogP contribution in [0.15, 0.2) is 29.8 Å². The molecule has 0 aliphatic carbocycles. The second-order valence-corrected chi connectivity index (χ2v) is 7.82. The standard InChI is InChI=1S/C19H23N5OS.ClH/c1-12(2)24(14-7-8-20-10-14)19(25)15-11-26-18(22-15)17-13(3)21-16-6-4-5-9-23(16)17;/h4-6,9,11-12,14,20H,7-8,10H2,1-3H3;1H/t14-;/m1./s1. The summed E-state index contributed by atoms with van der Waals surface area (Å²) >= 11 is 1.50. The maximum atomic E-state index is 13.1. The van der Waals surface area contributed by atoms with Crippen molar-refractivity contribution in [2.24, 2.45) is 0 Å². The van der Waals surface area contributed by atoms with E-state index >= 15 is 0 Å². The minimum atomic E-state index is 0. The lowest BCUT2D eigenvalue weighted by Gasteiger charge is -2.31. The third-order valence-electron chi connectivity index (χ3n) is 4.85. The first-order valence-corrected chi connectivity index (χ1v) is 9.87. The van der Waals surface area contributed by atoms with Gasteiger partial charge in [0.15, 0.2) is 0 Å². The van der Waals surface area contributed by atoms with E-state index in [0.717, 1.165) is 41.6 Å². The molecule has 1 saturated heterocycles. The lowest BCUT2D eigenvalue weighted by Crippen LogP contribution is -2.46. The first kappa shape index (κ1) is 19.8. The molecular weight excluding hydrogens is 382 g/mol. The van der Waals surface area contributed by atoms with Crippen LogP contribution in [0.4, 0.5) is 0 Å². The normalized spacial score (nSPS) is 16.7. The molecule has 144 valence electrons. The molecule has 4 heterocycles. The van der Waals surface area contributed by atoms with Gasteiger partial charge in [-0.15, -0.1) is 23.7 Å². The number of nitrogens with one attached hydrogen (secondary N) is 1. The lowest BCUT2D eigenvalue weighted by atomic mass is 10.1. The summed E-state index contributed by atoms with van der Waals surface area (Å²) in [5, 5.41) is 6.05. The Morgan fingerprint density at radius 1 is 1.37 bits per heavy atom. The number of hydrogen-bond acceptors (Lipinski definition) is 5. The average molecular weight is 406 g/mol. The summed E-state index contributed by atoms with van der Waals surface area (Å²) in [6, 6.07) is 6.31. The third kappa shape index (κ3) is 3.59. The van der Waals surface area contributed by atoms with Gasteiger partial charge in [0.25, 0.3) is 5.91 Å². The molecule has 0 aromatic carbocycles. The first-order valence-electron chi connectivity index (χ1n) is 8.99. The Morgan fingerprint density at radius 3 is 2.89 bits per heavy atom. The minimum absolute atomic E-state index is 0. The molecule has 3 aromatic heterocycles. The number of halogens is 1. The molecule has 4 rings (SSSR count). The highest BCUT2D eigenvalue weighted by Crippen LogP contribution is 2.29. The smallest absolute Gasteiger partial charge is 0.273 e. The number of hydrogen-bond donors (Lipinski definition) is 1. The van der Waals surface area contributed by atoms with Crippen LogP contribution in [0.25, 0.3) is 16.3 Å². The second kappa shape index (κ2) is 7.96. The molecule has 8 heteroatoms. The lowest BCUT2D eigenvalue weighted by molar-refractivity contribution is 0.0621. The van der Waals surface area contributed by atoms with Crippen molar-refractivity contribution in [3.63, 3.8) is 0 Å². The third-order valence-corrected chi connectivity index (χ3v) is 5.70. The number of nitrogens with zero attached hydrogens (tertiary/aromatic N) is 4. The van der Waals surface area contributed by atoms with Gasteiger partial charge in [-0.05, 0) is 45.9 Å². The largest absolute Gasteiger partial charge is 0.331 e. The van der Waals surface area contributed by atoms with Crippen molar-refractivity contribution in [2.75, 3.05) is 13.1 Å². The molecule has 0 unspecified atom stereocenters. The Morgan fingerprint density at radius 2 is 2.19 bits per heavy atom. The highest BCUT2D eigenvalue weighted by Gasteiger charge is 2.31. The summed E-state index contributed by atoms with van der Waals surface area (Å²) in [6.45, 7) is 7.93. The summed E-state index contributed by atoms with van der Waals surface area (Å²) < 4.78 is 2.03. The number of carbonyl (C=O) groups is 1. The molecule has 3 aromatic rings. The van der Waals surface area contributed by atoms with Crippen LogP contribution in [0.5, 0.6) is 0 Å². The fourth-order valence-electron chi connectivity index (χ4n) is 3.68. The molecule has 0 spiro atoms. The van der Waals surface area contributed by atoms with E-state index in [0.29, 0.717) is 5.69 Å². The number of amides is 1. The fourth-order valence-corrected chi connectivity index (χ4v) is 4.57. The molecule has 0 saturated carbocycles. The number of aromatic nitrogens is 3. The van der Waals surface area contributed by atoms with Crippen LogP contribution in [0.2, 0.25) is 0 Å². The molecule has 1 aliphatic heterocycles. The molecule has 1 aliphatic rings. The van der Waals surface area contributed by atoms with Crippen molar-refractivity contribution < 1.29 is 4.79 Å². The van der Waals surface area contributed by atoms with Gasteiger partial charge < -0.3 is 10.2 Å². The van der Waals surface area contributed by atoms with E-state index in [-0.39, 0.29) is 30.4 Å². The summed E-state index contributed by atoms with van der Waals surface area (Å²) in [7, 11) is 0. The van der Waals surface area contributed by atoms with Crippen molar-refractivity contribution in [3.8, 4) is 10.7 Å². The van der Waals surface area contributed by atoms with Crippen molar-refractivity contribution in [2.45, 2.75) is 39.3 Å². The Bertz CT molecular complexity index is 945. The maximum absolute atomic E-state index is 13.1. The van der Waals surface area contributed by atoms with Crippen molar-refractivity contribution in [1.29, 1.82) is 0 Å². The van der Waals surface area contributed by atoms with E-state index in [9.17, 15) is 4.79 Å². The van der Waals surface area contributed by atoms with Gasteiger partial charge in [-0.3, -0.25) is 9.20 Å². The monoisotopic (exact) mass is 405 g/mol. The molecular formula is C19H24ClN5OS. The van der Waals surface area contributed by atoms with E-state index in [2.05, 4.69) is 29.1 Å². The zero-order valence-corrected chi connectivity index (χ0v) is 17.3. The van der Waals surface area contributed by atoms with Gasteiger partial charge in [0.1, 0.15) is 22.0 Å². The molecule has 1 amide bonds. The predicted molar refractivity (Wildman–Crippen MR) is 111 cm³/mol. The highest BCUT2D eigenvalue weighted by atomic mass is 35.5. The van der Waals surface area contributed by atoms with Gasteiger partial charge in [0, 0.05) is 30.2 Å². The Balaban J connectivity index is 0.00000210. The summed E-state index contributed by atoms with van der Waals surface area (Å²) in [5.74, 6) is 0.0164. The average Bonchev–Trinajstić information content (AvgIpc) is 3.32.